The second-order valence-corrected chi connectivity index (χ2v) is 7.18. The van der Waals surface area contributed by atoms with Gasteiger partial charge in [0.1, 0.15) is 0 Å². The van der Waals surface area contributed by atoms with Gasteiger partial charge in [-0.15, -0.1) is 0 Å². The second-order valence-electron chi connectivity index (χ2n) is 6.77. The van der Waals surface area contributed by atoms with Crippen LogP contribution in [-0.2, 0) is 6.54 Å². The fourth-order valence-corrected chi connectivity index (χ4v) is 3.37. The molecule has 3 aromatic rings. The Hall–Kier alpha value is -3.05. The molecule has 0 aliphatic carbocycles. The number of rotatable bonds is 5. The highest BCUT2D eigenvalue weighted by Gasteiger charge is 2.16. The maximum absolute atomic E-state index is 5.58. The van der Waals surface area contributed by atoms with E-state index < -0.39 is 0 Å². The molecule has 0 saturated heterocycles. The first-order valence-corrected chi connectivity index (χ1v) is 9.64. The summed E-state index contributed by atoms with van der Waals surface area (Å²) in [5.74, 6) is 1.56. The lowest BCUT2D eigenvalue weighted by atomic mass is 9.98. The molecule has 1 heterocycles. The Morgan fingerprint density at radius 1 is 0.929 bits per heavy atom. The Labute approximate surface area is 170 Å². The van der Waals surface area contributed by atoms with Crippen LogP contribution in [0.2, 0.25) is 0 Å². The fourth-order valence-electron chi connectivity index (χ4n) is 3.18. The molecule has 142 valence electrons. The van der Waals surface area contributed by atoms with Crippen LogP contribution in [0.3, 0.4) is 0 Å². The van der Waals surface area contributed by atoms with Crippen LogP contribution < -0.4 is 20.1 Å². The lowest BCUT2D eigenvalue weighted by Gasteiger charge is -2.22. The van der Waals surface area contributed by atoms with E-state index in [1.807, 2.05) is 36.4 Å². The second kappa shape index (κ2) is 8.31. The molecule has 0 bridgehead atoms. The zero-order valence-electron chi connectivity index (χ0n) is 15.6. The number of hydrogen-bond donors (Lipinski definition) is 2. The van der Waals surface area contributed by atoms with Crippen molar-refractivity contribution in [1.82, 2.24) is 10.6 Å². The maximum Gasteiger partial charge on any atom is 0.231 e. The normalized spacial score (nSPS) is 13.0. The van der Waals surface area contributed by atoms with E-state index in [-0.39, 0.29) is 12.8 Å². The highest BCUT2D eigenvalue weighted by Crippen LogP contribution is 2.32. The Balaban J connectivity index is 1.45. The Bertz CT molecular complexity index is 958. The van der Waals surface area contributed by atoms with Crippen molar-refractivity contribution in [2.75, 3.05) is 6.79 Å². The van der Waals surface area contributed by atoms with E-state index >= 15 is 0 Å². The van der Waals surface area contributed by atoms with Crippen LogP contribution in [0, 0.1) is 6.92 Å². The quantitative estimate of drug-likeness (QED) is 0.629. The minimum absolute atomic E-state index is 0.0152. The molecule has 0 fully saturated rings. The molecule has 28 heavy (non-hydrogen) atoms. The summed E-state index contributed by atoms with van der Waals surface area (Å²) in [5.41, 5.74) is 4.65. The molecule has 4 nitrogen and oxygen atoms in total. The molecule has 0 spiro atoms. The molecule has 3 aromatic carbocycles. The van der Waals surface area contributed by atoms with Gasteiger partial charge in [0.25, 0.3) is 0 Å². The summed E-state index contributed by atoms with van der Waals surface area (Å²) in [6.45, 7) is 2.98. The number of hydrogen-bond acceptors (Lipinski definition) is 3. The predicted molar refractivity (Wildman–Crippen MR) is 115 cm³/mol. The first-order valence-electron chi connectivity index (χ1n) is 9.23. The van der Waals surface area contributed by atoms with Gasteiger partial charge in [-0.1, -0.05) is 66.2 Å². The molecule has 1 atom stereocenters. The minimum Gasteiger partial charge on any atom is -0.454 e. The summed E-state index contributed by atoms with van der Waals surface area (Å²) in [7, 11) is 0. The summed E-state index contributed by atoms with van der Waals surface area (Å²) >= 11 is 5.58. The lowest BCUT2D eigenvalue weighted by Crippen LogP contribution is -2.37. The standard InChI is InChI=1S/C23H22N2O2S/c1-16-7-10-19(11-8-16)22(18-5-3-2-4-6-18)25-23(28)24-14-17-9-12-20-21(13-17)27-15-26-20/h2-13,22H,14-15H2,1H3,(H2,24,25,28)/t22-/m1/s1. The molecule has 0 amide bonds. The third-order valence-electron chi connectivity index (χ3n) is 4.71. The van der Waals surface area contributed by atoms with Crippen LogP contribution in [0.1, 0.15) is 28.3 Å². The Kier molecular flexibility index (Phi) is 5.44. The van der Waals surface area contributed by atoms with Crippen LogP contribution in [0.15, 0.2) is 72.8 Å². The van der Waals surface area contributed by atoms with Crippen LogP contribution in [0.5, 0.6) is 11.5 Å². The molecule has 0 aromatic heterocycles. The SMILES string of the molecule is Cc1ccc([C@H](NC(=S)NCc2ccc3c(c2)OCO3)c2ccccc2)cc1. The van der Waals surface area contributed by atoms with Gasteiger partial charge >= 0.3 is 0 Å². The maximum atomic E-state index is 5.58. The van der Waals surface area contributed by atoms with E-state index in [4.69, 9.17) is 21.7 Å². The van der Waals surface area contributed by atoms with Crippen LogP contribution in [0.25, 0.3) is 0 Å². The van der Waals surface area contributed by atoms with Crippen molar-refractivity contribution >= 4 is 17.3 Å². The first kappa shape index (κ1) is 18.3. The van der Waals surface area contributed by atoms with Gasteiger partial charge in [-0.05, 0) is 48.0 Å². The van der Waals surface area contributed by atoms with E-state index in [0.717, 1.165) is 17.1 Å². The largest absolute Gasteiger partial charge is 0.454 e. The number of aryl methyl sites for hydroxylation is 1. The third kappa shape index (κ3) is 4.26. The number of ether oxygens (including phenoxy) is 2. The molecule has 4 rings (SSSR count). The molecule has 0 radical (unpaired) electrons. The summed E-state index contributed by atoms with van der Waals surface area (Å²) in [5, 5.41) is 7.36. The van der Waals surface area contributed by atoms with E-state index in [2.05, 4.69) is 54.0 Å². The van der Waals surface area contributed by atoms with Gasteiger partial charge < -0.3 is 20.1 Å². The van der Waals surface area contributed by atoms with Crippen LogP contribution in [0.4, 0.5) is 0 Å². The average molecular weight is 391 g/mol. The first-order chi connectivity index (χ1) is 13.7. The van der Waals surface area contributed by atoms with E-state index in [9.17, 15) is 0 Å². The fraction of sp³-hybridized carbons (Fsp3) is 0.174. The highest BCUT2D eigenvalue weighted by molar-refractivity contribution is 7.80. The van der Waals surface area contributed by atoms with Crippen molar-refractivity contribution in [3.63, 3.8) is 0 Å². The topological polar surface area (TPSA) is 42.5 Å². The van der Waals surface area contributed by atoms with E-state index in [1.54, 1.807) is 0 Å². The van der Waals surface area contributed by atoms with E-state index in [0.29, 0.717) is 11.7 Å². The summed E-state index contributed by atoms with van der Waals surface area (Å²) < 4.78 is 10.8. The highest BCUT2D eigenvalue weighted by atomic mass is 32.1. The van der Waals surface area contributed by atoms with Crippen molar-refractivity contribution in [2.24, 2.45) is 0 Å². The monoisotopic (exact) mass is 390 g/mol. The summed E-state index contributed by atoms with van der Waals surface area (Å²) in [6.07, 6.45) is 0. The van der Waals surface area contributed by atoms with Crippen molar-refractivity contribution in [3.05, 3.63) is 95.1 Å². The van der Waals surface area contributed by atoms with Crippen molar-refractivity contribution in [3.8, 4) is 11.5 Å². The van der Waals surface area contributed by atoms with Crippen molar-refractivity contribution in [1.29, 1.82) is 0 Å². The molecule has 1 aliphatic rings. The molecule has 0 unspecified atom stereocenters. The molecule has 2 N–H and O–H groups in total. The van der Waals surface area contributed by atoms with Crippen molar-refractivity contribution < 1.29 is 9.47 Å². The van der Waals surface area contributed by atoms with Crippen LogP contribution in [-0.4, -0.2) is 11.9 Å². The number of fused-ring (bicyclic) bond motifs is 1. The zero-order chi connectivity index (χ0) is 19.3. The van der Waals surface area contributed by atoms with Gasteiger partial charge in [-0.25, -0.2) is 0 Å². The number of thiocarbonyl (C=S) groups is 1. The van der Waals surface area contributed by atoms with Gasteiger partial charge in [-0.3, -0.25) is 0 Å². The lowest BCUT2D eigenvalue weighted by molar-refractivity contribution is 0.174. The van der Waals surface area contributed by atoms with Gasteiger partial charge in [0.15, 0.2) is 16.6 Å². The van der Waals surface area contributed by atoms with Gasteiger partial charge in [0.05, 0.1) is 6.04 Å². The summed E-state index contributed by atoms with van der Waals surface area (Å²) in [4.78, 5) is 0. The summed E-state index contributed by atoms with van der Waals surface area (Å²) in [6, 6.07) is 24.7. The van der Waals surface area contributed by atoms with Gasteiger partial charge in [0.2, 0.25) is 6.79 Å². The molecule has 0 saturated carbocycles. The van der Waals surface area contributed by atoms with Gasteiger partial charge in [0, 0.05) is 6.54 Å². The molecular formula is C23H22N2O2S. The average Bonchev–Trinajstić information content (AvgIpc) is 3.20. The number of benzene rings is 3. The number of nitrogens with one attached hydrogen (secondary N) is 2. The third-order valence-corrected chi connectivity index (χ3v) is 4.97. The molecule has 1 aliphatic heterocycles. The Morgan fingerprint density at radius 2 is 1.64 bits per heavy atom. The molecule has 5 heteroatoms. The minimum atomic E-state index is -0.0152. The molecular weight excluding hydrogens is 368 g/mol. The Morgan fingerprint density at radius 3 is 2.43 bits per heavy atom. The van der Waals surface area contributed by atoms with E-state index in [1.165, 1.54) is 16.7 Å². The van der Waals surface area contributed by atoms with Crippen LogP contribution >= 0.6 is 12.2 Å². The van der Waals surface area contributed by atoms with Crippen molar-refractivity contribution in [2.45, 2.75) is 19.5 Å². The zero-order valence-corrected chi connectivity index (χ0v) is 16.5. The predicted octanol–water partition coefficient (Wildman–Crippen LogP) is 4.48. The smallest absolute Gasteiger partial charge is 0.231 e. The van der Waals surface area contributed by atoms with Gasteiger partial charge in [-0.2, -0.15) is 0 Å².